The van der Waals surface area contributed by atoms with Crippen molar-refractivity contribution in [3.05, 3.63) is 24.4 Å². The molecule has 1 aliphatic heterocycles. The molecule has 0 aliphatic carbocycles. The largest absolute Gasteiger partial charge is 0.292 e. The van der Waals surface area contributed by atoms with Crippen LogP contribution in [-0.2, 0) is 0 Å². The maximum atomic E-state index is 7.23. The van der Waals surface area contributed by atoms with E-state index in [0.717, 1.165) is 0 Å². The van der Waals surface area contributed by atoms with Crippen LogP contribution < -0.4 is 0 Å². The Morgan fingerprint density at radius 1 is 1.64 bits per heavy atom. The summed E-state index contributed by atoms with van der Waals surface area (Å²) in [4.78, 5) is 3.91. The van der Waals surface area contributed by atoms with E-state index in [1.807, 2.05) is 13.8 Å². The highest BCUT2D eigenvalue weighted by atomic mass is 32.2. The zero-order chi connectivity index (χ0) is 8.69. The lowest BCUT2D eigenvalue weighted by Gasteiger charge is -1.86. The molecular weight excluding hydrogens is 156 g/mol. The second-order valence-electron chi connectivity index (χ2n) is 1.47. The normalized spacial score (nSPS) is 18.0. The van der Waals surface area contributed by atoms with E-state index in [4.69, 9.17) is 5.41 Å². The van der Waals surface area contributed by atoms with Gasteiger partial charge in [-0.15, -0.1) is 0 Å². The molecule has 60 valence electrons. The minimum absolute atomic E-state index is 0.495. The number of hydrogen-bond acceptors (Lipinski definition) is 3. The predicted octanol–water partition coefficient (Wildman–Crippen LogP) is 2.83. The van der Waals surface area contributed by atoms with Crippen LogP contribution in [0.3, 0.4) is 0 Å². The summed E-state index contributed by atoms with van der Waals surface area (Å²) >= 11 is 1.32. The molecule has 0 bridgehead atoms. The molecule has 0 aromatic rings. The fraction of sp³-hybridized carbons (Fsp3) is 0.250. The van der Waals surface area contributed by atoms with Crippen LogP contribution in [0.25, 0.3) is 0 Å². The third-order valence-corrected chi connectivity index (χ3v) is 1.53. The molecule has 3 heteroatoms. The lowest BCUT2D eigenvalue weighted by molar-refractivity contribution is 1.45. The van der Waals surface area contributed by atoms with Crippen LogP contribution in [0.15, 0.2) is 29.4 Å². The summed E-state index contributed by atoms with van der Waals surface area (Å²) in [5, 5.41) is 7.73. The van der Waals surface area contributed by atoms with Crippen molar-refractivity contribution in [3.8, 4) is 0 Å². The maximum Gasteiger partial charge on any atom is 0.119 e. The standard InChI is InChI=1S/C6H6N2S.C2H6/c1-2-3-5-6(7)9-4-8-5;1-2/h2-4,7H,1H2;1-2H3/b5-3+,7-6?;. The van der Waals surface area contributed by atoms with Gasteiger partial charge in [-0.1, -0.05) is 38.3 Å². The summed E-state index contributed by atoms with van der Waals surface area (Å²) in [5.41, 5.74) is 2.35. The fourth-order valence-electron chi connectivity index (χ4n) is 0.485. The molecule has 0 spiro atoms. The van der Waals surface area contributed by atoms with Crippen molar-refractivity contribution < 1.29 is 0 Å². The minimum Gasteiger partial charge on any atom is -0.292 e. The van der Waals surface area contributed by atoms with Crippen LogP contribution in [-0.4, -0.2) is 10.6 Å². The third kappa shape index (κ3) is 3.18. The van der Waals surface area contributed by atoms with Crippen molar-refractivity contribution in [3.63, 3.8) is 0 Å². The zero-order valence-electron chi connectivity index (χ0n) is 6.79. The van der Waals surface area contributed by atoms with Gasteiger partial charge in [-0.05, 0) is 6.08 Å². The van der Waals surface area contributed by atoms with Crippen LogP contribution in [0.1, 0.15) is 13.8 Å². The first-order valence-corrected chi connectivity index (χ1v) is 4.33. The Bertz CT molecular complexity index is 204. The second kappa shape index (κ2) is 5.92. The Balaban J connectivity index is 0.000000461. The molecule has 11 heavy (non-hydrogen) atoms. The average Bonchev–Trinajstić information content (AvgIpc) is 2.42. The van der Waals surface area contributed by atoms with E-state index in [1.165, 1.54) is 11.8 Å². The number of allylic oxidation sites excluding steroid dienone is 2. The number of rotatable bonds is 1. The lowest BCUT2D eigenvalue weighted by atomic mass is 10.4. The first-order chi connectivity index (χ1) is 5.34. The molecule has 0 aromatic heterocycles. The molecule has 1 rings (SSSR count). The van der Waals surface area contributed by atoms with Gasteiger partial charge >= 0.3 is 0 Å². The highest BCUT2D eigenvalue weighted by Gasteiger charge is 2.06. The molecule has 0 aromatic carbocycles. The van der Waals surface area contributed by atoms with Crippen molar-refractivity contribution in [2.75, 3.05) is 0 Å². The van der Waals surface area contributed by atoms with Crippen molar-refractivity contribution in [2.24, 2.45) is 4.99 Å². The Morgan fingerprint density at radius 3 is 2.64 bits per heavy atom. The third-order valence-electron chi connectivity index (χ3n) is 0.871. The van der Waals surface area contributed by atoms with Gasteiger partial charge in [-0.2, -0.15) is 0 Å². The molecule has 1 N–H and O–H groups in total. The molecular formula is C8H12N2S. The topological polar surface area (TPSA) is 36.2 Å². The monoisotopic (exact) mass is 168 g/mol. The van der Waals surface area contributed by atoms with Gasteiger partial charge < -0.3 is 0 Å². The predicted molar refractivity (Wildman–Crippen MR) is 53.4 cm³/mol. The van der Waals surface area contributed by atoms with Gasteiger partial charge in [0.05, 0.1) is 11.2 Å². The fourth-order valence-corrected chi connectivity index (χ4v) is 0.998. The molecule has 0 atom stereocenters. The van der Waals surface area contributed by atoms with Gasteiger partial charge in [0.25, 0.3) is 0 Å². The molecule has 0 fully saturated rings. The van der Waals surface area contributed by atoms with Gasteiger partial charge in [0.1, 0.15) is 5.04 Å². The smallest absolute Gasteiger partial charge is 0.119 e. The summed E-state index contributed by atoms with van der Waals surface area (Å²) in [6, 6.07) is 0. The molecule has 2 nitrogen and oxygen atoms in total. The molecule has 0 radical (unpaired) electrons. The average molecular weight is 168 g/mol. The Morgan fingerprint density at radius 2 is 2.27 bits per heavy atom. The minimum atomic E-state index is 0.495. The summed E-state index contributed by atoms with van der Waals surface area (Å²) in [5.74, 6) is 0. The van der Waals surface area contributed by atoms with Crippen LogP contribution in [0.5, 0.6) is 0 Å². The van der Waals surface area contributed by atoms with Crippen molar-refractivity contribution in [1.82, 2.24) is 0 Å². The summed E-state index contributed by atoms with van der Waals surface area (Å²) < 4.78 is 0. The van der Waals surface area contributed by atoms with E-state index in [0.29, 0.717) is 10.7 Å². The van der Waals surface area contributed by atoms with E-state index < -0.39 is 0 Å². The van der Waals surface area contributed by atoms with Gasteiger partial charge in [-0.25, -0.2) is 4.99 Å². The van der Waals surface area contributed by atoms with Gasteiger partial charge in [0.15, 0.2) is 0 Å². The van der Waals surface area contributed by atoms with Crippen molar-refractivity contribution in [2.45, 2.75) is 13.8 Å². The van der Waals surface area contributed by atoms with E-state index in [1.54, 1.807) is 17.7 Å². The number of nitrogens with zero attached hydrogens (tertiary/aromatic N) is 1. The Hall–Kier alpha value is -0.830. The first kappa shape index (κ1) is 10.2. The molecule has 0 saturated carbocycles. The van der Waals surface area contributed by atoms with E-state index >= 15 is 0 Å². The van der Waals surface area contributed by atoms with Gasteiger partial charge in [0, 0.05) is 0 Å². The van der Waals surface area contributed by atoms with Gasteiger partial charge in [-0.3, -0.25) is 5.41 Å². The highest BCUT2D eigenvalue weighted by Crippen LogP contribution is 2.16. The Kier molecular flexibility index (Phi) is 5.47. The summed E-state index contributed by atoms with van der Waals surface area (Å²) in [6.45, 7) is 7.50. The van der Waals surface area contributed by atoms with Crippen LogP contribution in [0.4, 0.5) is 0 Å². The molecule has 1 aliphatic rings. The van der Waals surface area contributed by atoms with E-state index in [9.17, 15) is 0 Å². The van der Waals surface area contributed by atoms with Gasteiger partial charge in [0.2, 0.25) is 0 Å². The van der Waals surface area contributed by atoms with E-state index in [2.05, 4.69) is 11.6 Å². The Labute approximate surface area is 71.6 Å². The SMILES string of the molecule is C=C/C=C1/N=CSC1=N.CC. The number of nitrogens with one attached hydrogen (secondary N) is 1. The number of thioether (sulfide) groups is 1. The lowest BCUT2D eigenvalue weighted by Crippen LogP contribution is -1.83. The second-order valence-corrected chi connectivity index (χ2v) is 2.32. The molecule has 0 amide bonds. The maximum absolute atomic E-state index is 7.23. The van der Waals surface area contributed by atoms with Crippen molar-refractivity contribution in [1.29, 1.82) is 5.41 Å². The summed E-state index contributed by atoms with van der Waals surface area (Å²) in [7, 11) is 0. The van der Waals surface area contributed by atoms with Crippen molar-refractivity contribution >= 4 is 22.4 Å². The molecule has 0 unspecified atom stereocenters. The number of hydrogen-bond donors (Lipinski definition) is 1. The van der Waals surface area contributed by atoms with Crippen LogP contribution in [0, 0.1) is 5.41 Å². The quantitative estimate of drug-likeness (QED) is 0.642. The first-order valence-electron chi connectivity index (χ1n) is 3.45. The number of aliphatic imine (C=N–C) groups is 1. The molecule has 0 saturated heterocycles. The van der Waals surface area contributed by atoms with E-state index in [-0.39, 0.29) is 0 Å². The van der Waals surface area contributed by atoms with Crippen LogP contribution >= 0.6 is 11.8 Å². The molecule has 1 heterocycles. The summed E-state index contributed by atoms with van der Waals surface area (Å²) in [6.07, 6.45) is 3.35. The zero-order valence-corrected chi connectivity index (χ0v) is 7.61. The highest BCUT2D eigenvalue weighted by molar-refractivity contribution is 8.25. The van der Waals surface area contributed by atoms with Crippen LogP contribution in [0.2, 0.25) is 0 Å².